The maximum Gasteiger partial charge on any atom is 0.338 e. The Labute approximate surface area is 301 Å². The molecule has 1 atom stereocenters. The van der Waals surface area contributed by atoms with E-state index in [1.165, 1.54) is 28.0 Å². The fourth-order valence-corrected chi connectivity index (χ4v) is 7.78. The summed E-state index contributed by atoms with van der Waals surface area (Å²) in [4.78, 5) is 44.1. The lowest BCUT2D eigenvalue weighted by Crippen LogP contribution is -2.40. The molecular weight excluding hydrogens is 778 g/mol. The molecule has 0 spiro atoms. The Morgan fingerprint density at radius 2 is 1.80 bits per heavy atom. The number of carbonyl (C=O) groups excluding carboxylic acids is 1. The molecule has 0 unspecified atom stereocenters. The molecule has 0 saturated carbocycles. The highest BCUT2D eigenvalue weighted by Crippen LogP contribution is 2.37. The second kappa shape index (κ2) is 14.7. The maximum atomic E-state index is 14.4. The molecule has 0 bridgehead atoms. The summed E-state index contributed by atoms with van der Waals surface area (Å²) in [6.45, 7) is 1.99. The van der Waals surface area contributed by atoms with Gasteiger partial charge in [-0.05, 0) is 76.5 Å². The van der Waals surface area contributed by atoms with Crippen LogP contribution in [0.1, 0.15) is 35.2 Å². The second-order valence-corrected chi connectivity index (χ2v) is 13.5. The van der Waals surface area contributed by atoms with Gasteiger partial charge < -0.3 is 14.2 Å². The third-order valence-electron chi connectivity index (χ3n) is 7.64. The van der Waals surface area contributed by atoms with Gasteiger partial charge in [0.1, 0.15) is 18.1 Å². The van der Waals surface area contributed by atoms with Gasteiger partial charge in [-0.15, -0.1) is 0 Å². The Balaban J connectivity index is 1.53. The first-order chi connectivity index (χ1) is 23.7. The summed E-state index contributed by atoms with van der Waals surface area (Å²) in [6.07, 6.45) is 1.73. The summed E-state index contributed by atoms with van der Waals surface area (Å²) in [5, 5.41) is 11.1. The number of nitro groups is 1. The molecule has 1 aromatic heterocycles. The highest BCUT2D eigenvalue weighted by Gasteiger charge is 2.35. The molecule has 0 saturated heterocycles. The third-order valence-corrected chi connectivity index (χ3v) is 9.67. The van der Waals surface area contributed by atoms with Crippen molar-refractivity contribution in [2.45, 2.75) is 19.6 Å². The van der Waals surface area contributed by atoms with Gasteiger partial charge in [0.05, 0.1) is 45.0 Å². The van der Waals surface area contributed by atoms with Crippen LogP contribution in [0.3, 0.4) is 0 Å². The molecule has 0 amide bonds. The number of esters is 1. The lowest BCUT2D eigenvalue weighted by Gasteiger charge is -2.26. The zero-order valence-electron chi connectivity index (χ0n) is 26.1. The number of methoxy groups -OCH3 is 1. The smallest absolute Gasteiger partial charge is 0.338 e. The lowest BCUT2D eigenvalue weighted by atomic mass is 9.93. The van der Waals surface area contributed by atoms with Gasteiger partial charge in [0, 0.05) is 27.7 Å². The molecule has 1 aliphatic heterocycles. The van der Waals surface area contributed by atoms with Crippen LogP contribution in [0.5, 0.6) is 11.5 Å². The van der Waals surface area contributed by atoms with Crippen LogP contribution in [0.25, 0.3) is 11.8 Å². The van der Waals surface area contributed by atoms with Crippen LogP contribution < -0.4 is 24.4 Å². The number of aromatic nitrogens is 1. The van der Waals surface area contributed by atoms with Crippen LogP contribution in [-0.4, -0.2) is 29.2 Å². The largest absolute Gasteiger partial charge is 0.497 e. The first-order valence-corrected chi connectivity index (χ1v) is 17.4. The zero-order valence-corrected chi connectivity index (χ0v) is 30.1. The number of ether oxygens (including phenoxy) is 3. The highest BCUT2D eigenvalue weighted by molar-refractivity contribution is 9.11. The van der Waals surface area contributed by atoms with Crippen molar-refractivity contribution in [1.29, 1.82) is 0 Å². The molecule has 0 radical (unpaired) electrons. The van der Waals surface area contributed by atoms with Crippen molar-refractivity contribution >= 4 is 66.6 Å². The van der Waals surface area contributed by atoms with Crippen molar-refractivity contribution in [2.75, 3.05) is 13.7 Å². The molecule has 248 valence electrons. The van der Waals surface area contributed by atoms with Gasteiger partial charge in [0.15, 0.2) is 4.80 Å². The van der Waals surface area contributed by atoms with E-state index in [1.54, 1.807) is 44.4 Å². The first kappa shape index (κ1) is 34.0. The van der Waals surface area contributed by atoms with Crippen LogP contribution in [0.15, 0.2) is 115 Å². The number of hydrogen-bond donors (Lipinski definition) is 0. The predicted molar refractivity (Wildman–Crippen MR) is 193 cm³/mol. The van der Waals surface area contributed by atoms with E-state index in [2.05, 4.69) is 31.9 Å². The zero-order chi connectivity index (χ0) is 34.7. The summed E-state index contributed by atoms with van der Waals surface area (Å²) >= 11 is 8.32. The Bertz CT molecular complexity index is 2280. The second-order valence-electron chi connectivity index (χ2n) is 10.7. The van der Waals surface area contributed by atoms with Gasteiger partial charge in [-0.25, -0.2) is 9.79 Å². The third kappa shape index (κ3) is 7.14. The van der Waals surface area contributed by atoms with E-state index in [-0.39, 0.29) is 30.0 Å². The van der Waals surface area contributed by atoms with Crippen LogP contribution >= 0.6 is 43.2 Å². The van der Waals surface area contributed by atoms with Gasteiger partial charge in [-0.3, -0.25) is 19.5 Å². The standard InChI is InChI=1S/C36H27Br2N3O7S/c1-3-47-35(43)30-31(22-8-5-4-6-9-22)39-36-40(32(30)23-10-7-11-27(17-23)46-2)34(42)29(49-36)18-24-16-25(37)19-28(38)33(24)48-20-21-12-14-26(15-13-21)41(44)45/h4-19,32H,3,20H2,1-2H3/b29-18-/t32-/m1/s1. The topological polar surface area (TPSA) is 122 Å². The number of fused-ring (bicyclic) bond motifs is 1. The van der Waals surface area contributed by atoms with Crippen molar-refractivity contribution in [1.82, 2.24) is 4.57 Å². The van der Waals surface area contributed by atoms with E-state index < -0.39 is 16.9 Å². The van der Waals surface area contributed by atoms with Gasteiger partial charge in [-0.1, -0.05) is 69.7 Å². The van der Waals surface area contributed by atoms with Crippen LogP contribution in [0.4, 0.5) is 5.69 Å². The Morgan fingerprint density at radius 1 is 1.04 bits per heavy atom. The average Bonchev–Trinajstić information content (AvgIpc) is 3.41. The van der Waals surface area contributed by atoms with Crippen LogP contribution in [0, 0.1) is 10.1 Å². The number of hydrogen-bond acceptors (Lipinski definition) is 9. The minimum atomic E-state index is -0.866. The number of halogens is 2. The number of carbonyl (C=O) groups is 1. The van der Waals surface area contributed by atoms with Crippen LogP contribution in [0.2, 0.25) is 0 Å². The Morgan fingerprint density at radius 3 is 2.49 bits per heavy atom. The monoisotopic (exact) mass is 803 g/mol. The lowest BCUT2D eigenvalue weighted by molar-refractivity contribution is -0.384. The highest BCUT2D eigenvalue weighted by atomic mass is 79.9. The van der Waals surface area contributed by atoms with E-state index in [0.29, 0.717) is 47.7 Å². The van der Waals surface area contributed by atoms with Crippen molar-refractivity contribution < 1.29 is 23.9 Å². The minimum Gasteiger partial charge on any atom is -0.497 e. The summed E-state index contributed by atoms with van der Waals surface area (Å²) < 4.78 is 20.5. The molecule has 0 aliphatic carbocycles. The van der Waals surface area contributed by atoms with Gasteiger partial charge in [0.25, 0.3) is 11.2 Å². The summed E-state index contributed by atoms with van der Waals surface area (Å²) in [7, 11) is 1.56. The average molecular weight is 806 g/mol. The molecule has 0 fully saturated rings. The SMILES string of the molecule is CCOC(=O)C1=C(c2ccccc2)N=c2s/c(=C\c3cc(Br)cc(Br)c3OCc3ccc([N+](=O)[O-])cc3)c(=O)n2[C@@H]1c1cccc(OC)c1. The number of nitrogens with zero attached hydrogens (tertiary/aromatic N) is 3. The van der Waals surface area contributed by atoms with E-state index in [1.807, 2.05) is 54.6 Å². The summed E-state index contributed by atoms with van der Waals surface area (Å²) in [5.41, 5.74) is 2.95. The number of non-ortho nitro benzene ring substituents is 1. The van der Waals surface area contributed by atoms with Crippen LogP contribution in [-0.2, 0) is 16.1 Å². The van der Waals surface area contributed by atoms with Crippen molar-refractivity contribution in [3.63, 3.8) is 0 Å². The van der Waals surface area contributed by atoms with Gasteiger partial charge in [-0.2, -0.15) is 0 Å². The predicted octanol–water partition coefficient (Wildman–Crippen LogP) is 6.96. The van der Waals surface area contributed by atoms with E-state index in [9.17, 15) is 19.7 Å². The molecule has 0 N–H and O–H groups in total. The number of rotatable bonds is 10. The normalized spacial score (nSPS) is 14.2. The fraction of sp³-hybridized carbons (Fsp3) is 0.139. The van der Waals surface area contributed by atoms with Gasteiger partial charge >= 0.3 is 5.97 Å². The van der Waals surface area contributed by atoms with E-state index >= 15 is 0 Å². The van der Waals surface area contributed by atoms with Crippen molar-refractivity contribution in [3.8, 4) is 11.5 Å². The van der Waals surface area contributed by atoms with E-state index in [4.69, 9.17) is 19.2 Å². The number of nitro benzene ring substituents is 1. The molecule has 10 nitrogen and oxygen atoms in total. The van der Waals surface area contributed by atoms with E-state index in [0.717, 1.165) is 10.0 Å². The molecule has 5 aromatic rings. The summed E-state index contributed by atoms with van der Waals surface area (Å²) in [6, 6.07) is 25.5. The molecular formula is C36H27Br2N3O7S. The maximum absolute atomic E-state index is 14.4. The molecule has 13 heteroatoms. The van der Waals surface area contributed by atoms with Crippen molar-refractivity contribution in [3.05, 3.63) is 158 Å². The Hall–Kier alpha value is -4.85. The molecule has 1 aliphatic rings. The molecule has 2 heterocycles. The molecule has 49 heavy (non-hydrogen) atoms. The van der Waals surface area contributed by atoms with Gasteiger partial charge in [0.2, 0.25) is 0 Å². The quantitative estimate of drug-likeness (QED) is 0.0851. The minimum absolute atomic E-state index is 0.0153. The molecule has 6 rings (SSSR count). The molecule has 4 aromatic carbocycles. The number of benzene rings is 4. The Kier molecular flexibility index (Phi) is 10.2. The summed E-state index contributed by atoms with van der Waals surface area (Å²) in [5.74, 6) is 0.453. The first-order valence-electron chi connectivity index (χ1n) is 15.0. The number of thiazole rings is 1. The fourth-order valence-electron chi connectivity index (χ4n) is 5.42. The van der Waals surface area contributed by atoms with Crippen molar-refractivity contribution in [2.24, 2.45) is 4.99 Å².